The lowest BCUT2D eigenvalue weighted by Gasteiger charge is -2.12. The van der Waals surface area contributed by atoms with Gasteiger partial charge in [-0.15, -0.1) is 0 Å². The number of aromatic nitrogens is 2. The molecule has 2 rings (SSSR count). The summed E-state index contributed by atoms with van der Waals surface area (Å²) >= 11 is 5.48. The molecule has 7 nitrogen and oxygen atoms in total. The number of carboxylic acids is 1. The van der Waals surface area contributed by atoms with Gasteiger partial charge in [0.1, 0.15) is 5.82 Å². The zero-order valence-electron chi connectivity index (χ0n) is 12.4. The molecule has 0 saturated heterocycles. The van der Waals surface area contributed by atoms with E-state index in [0.717, 1.165) is 18.2 Å². The van der Waals surface area contributed by atoms with E-state index in [-0.39, 0.29) is 0 Å². The third-order valence-corrected chi connectivity index (χ3v) is 4.66. The minimum Gasteiger partial charge on any atom is -0.476 e. The van der Waals surface area contributed by atoms with Gasteiger partial charge >= 0.3 is 12.1 Å². The molecule has 140 valence electrons. The predicted molar refractivity (Wildman–Crippen MR) is 79.4 cm³/mol. The second-order valence-electron chi connectivity index (χ2n) is 4.75. The second-order valence-corrected chi connectivity index (χ2v) is 6.93. The van der Waals surface area contributed by atoms with Crippen LogP contribution < -0.4 is 4.72 Å². The number of nitrogens with zero attached hydrogens (tertiary/aromatic N) is 2. The van der Waals surface area contributed by atoms with E-state index in [1.165, 1.54) is 0 Å². The molecule has 0 unspecified atom stereocenters. The Bertz CT molecular complexity index is 966. The number of hydrogen-bond donors (Lipinski definition) is 2. The highest BCUT2D eigenvalue weighted by Crippen LogP contribution is 2.30. The van der Waals surface area contributed by atoms with E-state index in [1.54, 1.807) is 0 Å². The molecule has 2 N–H and O–H groups in total. The first kappa shape index (κ1) is 20.0. The Morgan fingerprint density at radius 3 is 2.50 bits per heavy atom. The number of carbonyl (C=O) groups is 1. The molecule has 0 saturated carbocycles. The predicted octanol–water partition coefficient (Wildman–Crippen LogP) is 2.46. The quantitative estimate of drug-likeness (QED) is 0.729. The average molecular weight is 414 g/mol. The van der Waals surface area contributed by atoms with Gasteiger partial charge in [-0.05, 0) is 18.2 Å². The maximum absolute atomic E-state index is 13.1. The highest BCUT2D eigenvalue weighted by Gasteiger charge is 2.37. The molecule has 2 aromatic rings. The molecule has 0 fully saturated rings. The van der Waals surface area contributed by atoms with Gasteiger partial charge < -0.3 is 5.11 Å². The van der Waals surface area contributed by atoms with Crippen LogP contribution in [0.2, 0.25) is 5.02 Å². The number of aromatic carboxylic acids is 1. The lowest BCUT2D eigenvalue weighted by atomic mass is 10.2. The summed E-state index contributed by atoms with van der Waals surface area (Å²) in [5.74, 6) is -2.60. The van der Waals surface area contributed by atoms with Crippen molar-refractivity contribution in [3.8, 4) is 0 Å². The molecule has 1 aromatic heterocycles. The van der Waals surface area contributed by atoms with Gasteiger partial charge in [-0.1, -0.05) is 11.6 Å². The monoisotopic (exact) mass is 413 g/mol. The van der Waals surface area contributed by atoms with Crippen molar-refractivity contribution in [2.75, 3.05) is 0 Å². The van der Waals surface area contributed by atoms with Crippen molar-refractivity contribution in [2.45, 2.75) is 17.6 Å². The highest BCUT2D eigenvalue weighted by atomic mass is 35.5. The molecule has 0 aliphatic heterocycles. The number of nitrogens with one attached hydrogen (secondary N) is 1. The topological polar surface area (TPSA) is 109 Å². The van der Waals surface area contributed by atoms with Gasteiger partial charge in [-0.3, -0.25) is 4.98 Å². The van der Waals surface area contributed by atoms with E-state index in [2.05, 4.69) is 9.97 Å². The molecule has 0 amide bonds. The number of carboxylic acid groups (broad SMARTS) is 1. The molecular weight excluding hydrogens is 406 g/mol. The summed E-state index contributed by atoms with van der Waals surface area (Å²) in [4.78, 5) is 16.5. The Morgan fingerprint density at radius 2 is 1.96 bits per heavy atom. The molecule has 0 atom stereocenters. The first-order chi connectivity index (χ1) is 11.9. The zero-order valence-corrected chi connectivity index (χ0v) is 14.0. The number of halogens is 5. The van der Waals surface area contributed by atoms with Gasteiger partial charge in [0.2, 0.25) is 10.0 Å². The third-order valence-electron chi connectivity index (χ3n) is 2.97. The molecule has 26 heavy (non-hydrogen) atoms. The lowest BCUT2D eigenvalue weighted by molar-refractivity contribution is -0.142. The average Bonchev–Trinajstić information content (AvgIpc) is 2.54. The van der Waals surface area contributed by atoms with Crippen LogP contribution in [0.15, 0.2) is 29.3 Å². The fraction of sp³-hybridized carbons (Fsp3) is 0.154. The van der Waals surface area contributed by atoms with E-state index in [9.17, 15) is 30.8 Å². The van der Waals surface area contributed by atoms with Gasteiger partial charge in [0.15, 0.2) is 11.4 Å². The van der Waals surface area contributed by atoms with Crippen LogP contribution in [-0.4, -0.2) is 29.5 Å². The molecule has 0 spiro atoms. The number of benzene rings is 1. The molecule has 0 aliphatic carbocycles. The SMILES string of the molecule is O=C(O)c1cnc(CNS(=O)(=O)c2ccc(F)c(Cl)c2)c(C(F)(F)F)n1. The van der Waals surface area contributed by atoms with Crippen LogP contribution in [0.3, 0.4) is 0 Å². The highest BCUT2D eigenvalue weighted by molar-refractivity contribution is 7.89. The summed E-state index contributed by atoms with van der Waals surface area (Å²) < 4.78 is 78.1. The van der Waals surface area contributed by atoms with Crippen molar-refractivity contribution in [1.29, 1.82) is 0 Å². The maximum atomic E-state index is 13.1. The number of rotatable bonds is 5. The summed E-state index contributed by atoms with van der Waals surface area (Å²) in [5, 5.41) is 8.21. The fourth-order valence-corrected chi connectivity index (χ4v) is 3.02. The van der Waals surface area contributed by atoms with Crippen LogP contribution in [0.1, 0.15) is 21.9 Å². The number of alkyl halides is 3. The lowest BCUT2D eigenvalue weighted by Crippen LogP contribution is -2.27. The van der Waals surface area contributed by atoms with Gasteiger partial charge in [0.05, 0.1) is 28.4 Å². The zero-order chi connectivity index (χ0) is 19.7. The van der Waals surface area contributed by atoms with Gasteiger partial charge in [-0.2, -0.15) is 13.2 Å². The van der Waals surface area contributed by atoms with Crippen LogP contribution >= 0.6 is 11.6 Å². The minimum absolute atomic E-state index is 0.479. The minimum atomic E-state index is -5.06. The van der Waals surface area contributed by atoms with Crippen LogP contribution in [0.4, 0.5) is 17.6 Å². The van der Waals surface area contributed by atoms with Gasteiger partial charge in [0.25, 0.3) is 0 Å². The normalized spacial score (nSPS) is 12.2. The molecular formula is C13H8ClF4N3O4S. The number of sulfonamides is 1. The van der Waals surface area contributed by atoms with E-state index >= 15 is 0 Å². The van der Waals surface area contributed by atoms with Gasteiger partial charge in [0, 0.05) is 0 Å². The van der Waals surface area contributed by atoms with Crippen molar-refractivity contribution < 1.29 is 35.9 Å². The smallest absolute Gasteiger partial charge is 0.435 e. The van der Waals surface area contributed by atoms with Crippen LogP contribution in [0.25, 0.3) is 0 Å². The first-order valence-corrected chi connectivity index (χ1v) is 8.39. The van der Waals surface area contributed by atoms with Crippen molar-refractivity contribution in [3.63, 3.8) is 0 Å². The molecule has 0 aliphatic rings. The molecule has 0 bridgehead atoms. The van der Waals surface area contributed by atoms with Crippen molar-refractivity contribution in [1.82, 2.24) is 14.7 Å². The third kappa shape index (κ3) is 4.45. The summed E-state index contributed by atoms with van der Waals surface area (Å²) in [6.07, 6.45) is -4.49. The summed E-state index contributed by atoms with van der Waals surface area (Å²) in [6, 6.07) is 2.43. The van der Waals surface area contributed by atoms with E-state index < -0.39 is 61.5 Å². The van der Waals surface area contributed by atoms with Crippen LogP contribution in [-0.2, 0) is 22.7 Å². The number of hydrogen-bond acceptors (Lipinski definition) is 5. The van der Waals surface area contributed by atoms with Gasteiger partial charge in [-0.25, -0.2) is 27.3 Å². The fourth-order valence-electron chi connectivity index (χ4n) is 1.76. The largest absolute Gasteiger partial charge is 0.476 e. The molecule has 1 aromatic carbocycles. The Kier molecular flexibility index (Phi) is 5.49. The standard InChI is InChI=1S/C13H8ClF4N3O4S/c14-7-3-6(1-2-8(7)15)26(24,25)20-5-9-11(13(16,17)18)21-10(4-19-9)12(22)23/h1-4,20H,5H2,(H,22,23). The Balaban J connectivity index is 2.33. The molecule has 1 heterocycles. The second kappa shape index (κ2) is 7.13. The first-order valence-electron chi connectivity index (χ1n) is 6.53. The summed E-state index contributed by atoms with van der Waals surface area (Å²) in [5.41, 5.74) is -3.43. The molecule has 13 heteroatoms. The summed E-state index contributed by atoms with van der Waals surface area (Å²) in [6.45, 7) is -0.931. The summed E-state index contributed by atoms with van der Waals surface area (Å²) in [7, 11) is -4.34. The Labute approximate surface area is 148 Å². The van der Waals surface area contributed by atoms with Crippen LogP contribution in [0.5, 0.6) is 0 Å². The van der Waals surface area contributed by atoms with Crippen molar-refractivity contribution in [2.24, 2.45) is 0 Å². The van der Waals surface area contributed by atoms with E-state index in [1.807, 2.05) is 4.72 Å². The van der Waals surface area contributed by atoms with Crippen LogP contribution in [0, 0.1) is 5.82 Å². The Morgan fingerprint density at radius 1 is 1.31 bits per heavy atom. The molecule has 0 radical (unpaired) electrons. The van der Waals surface area contributed by atoms with Crippen molar-refractivity contribution in [3.05, 3.63) is 52.3 Å². The van der Waals surface area contributed by atoms with E-state index in [4.69, 9.17) is 16.7 Å². The Hall–Kier alpha value is -2.31. The van der Waals surface area contributed by atoms with Crippen molar-refractivity contribution >= 4 is 27.6 Å². The maximum Gasteiger partial charge on any atom is 0.435 e. The van der Waals surface area contributed by atoms with E-state index in [0.29, 0.717) is 6.20 Å².